The van der Waals surface area contributed by atoms with Crippen molar-refractivity contribution >= 4 is 27.4 Å². The number of thiophene rings is 1. The predicted octanol–water partition coefficient (Wildman–Crippen LogP) is 4.15. The number of fused-ring (bicyclic) bond motifs is 1. The quantitative estimate of drug-likeness (QED) is 0.869. The number of hydrogen-bond acceptors (Lipinski definition) is 3. The Morgan fingerprint density at radius 3 is 2.65 bits per heavy atom. The molecule has 2 atom stereocenters. The van der Waals surface area contributed by atoms with Crippen LogP contribution in [0.4, 0.5) is 0 Å². The lowest BCUT2D eigenvalue weighted by Gasteiger charge is -2.32. The summed E-state index contributed by atoms with van der Waals surface area (Å²) in [6.45, 7) is 7.08. The van der Waals surface area contributed by atoms with E-state index in [0.29, 0.717) is 0 Å². The topological polar surface area (TPSA) is 40.5 Å². The van der Waals surface area contributed by atoms with Gasteiger partial charge in [-0.1, -0.05) is 25.1 Å². The van der Waals surface area contributed by atoms with Gasteiger partial charge in [0.2, 0.25) is 0 Å². The van der Waals surface area contributed by atoms with Gasteiger partial charge in [-0.3, -0.25) is 9.69 Å². The third-order valence-corrected chi connectivity index (χ3v) is 5.04. The number of rotatable bonds is 6. The summed E-state index contributed by atoms with van der Waals surface area (Å²) in [6.07, 6.45) is 0.184. The van der Waals surface area contributed by atoms with Crippen LogP contribution in [0.15, 0.2) is 30.3 Å². The van der Waals surface area contributed by atoms with Gasteiger partial charge in [-0.05, 0) is 37.9 Å². The van der Waals surface area contributed by atoms with Gasteiger partial charge < -0.3 is 5.11 Å². The Morgan fingerprint density at radius 1 is 1.35 bits per heavy atom. The van der Waals surface area contributed by atoms with E-state index in [4.69, 9.17) is 5.11 Å². The van der Waals surface area contributed by atoms with Crippen LogP contribution in [0.3, 0.4) is 0 Å². The van der Waals surface area contributed by atoms with Gasteiger partial charge in [-0.2, -0.15) is 0 Å². The first-order valence-electron chi connectivity index (χ1n) is 6.99. The summed E-state index contributed by atoms with van der Waals surface area (Å²) in [5, 5.41) is 10.2. The number of nitrogens with zero attached hydrogens (tertiary/aromatic N) is 1. The zero-order valence-electron chi connectivity index (χ0n) is 12.2. The summed E-state index contributed by atoms with van der Waals surface area (Å²) in [5.74, 6) is -0.737. The van der Waals surface area contributed by atoms with Crippen molar-refractivity contribution in [1.29, 1.82) is 0 Å². The fourth-order valence-electron chi connectivity index (χ4n) is 2.71. The van der Waals surface area contributed by atoms with Crippen LogP contribution in [0.1, 0.15) is 38.1 Å². The van der Waals surface area contributed by atoms with E-state index in [1.807, 2.05) is 13.0 Å². The molecule has 1 heterocycles. The molecule has 20 heavy (non-hydrogen) atoms. The van der Waals surface area contributed by atoms with Crippen molar-refractivity contribution < 1.29 is 9.90 Å². The lowest BCUT2D eigenvalue weighted by Crippen LogP contribution is -2.36. The summed E-state index contributed by atoms with van der Waals surface area (Å²) in [4.78, 5) is 14.5. The van der Waals surface area contributed by atoms with Crippen LogP contribution in [-0.2, 0) is 4.79 Å². The van der Waals surface area contributed by atoms with Crippen LogP contribution in [0.2, 0.25) is 0 Å². The number of aliphatic carboxylic acids is 1. The van der Waals surface area contributed by atoms with Crippen molar-refractivity contribution in [2.75, 3.05) is 6.54 Å². The van der Waals surface area contributed by atoms with Crippen LogP contribution in [0, 0.1) is 0 Å². The molecule has 0 bridgehead atoms. The van der Waals surface area contributed by atoms with E-state index in [1.165, 1.54) is 15.0 Å². The van der Waals surface area contributed by atoms with Crippen LogP contribution in [-0.4, -0.2) is 28.6 Å². The van der Waals surface area contributed by atoms with E-state index < -0.39 is 5.97 Å². The summed E-state index contributed by atoms with van der Waals surface area (Å²) in [5.41, 5.74) is 0. The molecule has 2 rings (SSSR count). The lowest BCUT2D eigenvalue weighted by atomic mass is 10.1. The second kappa shape index (κ2) is 6.37. The molecule has 4 heteroatoms. The van der Waals surface area contributed by atoms with Crippen LogP contribution in [0.25, 0.3) is 10.1 Å². The number of carbonyl (C=O) groups is 1. The van der Waals surface area contributed by atoms with Gasteiger partial charge >= 0.3 is 5.97 Å². The first kappa shape index (κ1) is 15.0. The molecular weight excluding hydrogens is 270 g/mol. The Labute approximate surface area is 123 Å². The third-order valence-electron chi connectivity index (χ3n) is 3.76. The van der Waals surface area contributed by atoms with Crippen molar-refractivity contribution in [2.45, 2.75) is 39.3 Å². The van der Waals surface area contributed by atoms with Gasteiger partial charge in [0.25, 0.3) is 0 Å². The Balaban J connectivity index is 2.23. The van der Waals surface area contributed by atoms with E-state index in [2.05, 4.69) is 43.0 Å². The molecule has 0 fully saturated rings. The third kappa shape index (κ3) is 3.19. The molecule has 2 aromatic rings. The van der Waals surface area contributed by atoms with Gasteiger partial charge in [0, 0.05) is 21.7 Å². The largest absolute Gasteiger partial charge is 0.481 e. The first-order valence-corrected chi connectivity index (χ1v) is 7.80. The average molecular weight is 291 g/mol. The van der Waals surface area contributed by atoms with Crippen LogP contribution in [0.5, 0.6) is 0 Å². The van der Waals surface area contributed by atoms with Gasteiger partial charge in [0.15, 0.2) is 0 Å². The molecule has 2 unspecified atom stereocenters. The van der Waals surface area contributed by atoms with Gasteiger partial charge in [-0.15, -0.1) is 11.3 Å². The minimum atomic E-state index is -0.737. The molecule has 0 saturated carbocycles. The molecular formula is C16H21NO2S. The second-order valence-corrected chi connectivity index (χ2v) is 6.26. The summed E-state index contributed by atoms with van der Waals surface area (Å²) in [7, 11) is 0. The zero-order chi connectivity index (χ0) is 14.7. The monoisotopic (exact) mass is 291 g/mol. The Hall–Kier alpha value is -1.39. The van der Waals surface area contributed by atoms with Crippen LogP contribution < -0.4 is 0 Å². The number of carboxylic acids is 1. The maximum atomic E-state index is 10.9. The highest BCUT2D eigenvalue weighted by Crippen LogP contribution is 2.33. The minimum Gasteiger partial charge on any atom is -0.481 e. The van der Waals surface area contributed by atoms with Gasteiger partial charge in [-0.25, -0.2) is 0 Å². The predicted molar refractivity (Wildman–Crippen MR) is 84.3 cm³/mol. The van der Waals surface area contributed by atoms with Gasteiger partial charge in [0.1, 0.15) is 0 Å². The molecule has 0 spiro atoms. The number of carboxylic acid groups (broad SMARTS) is 1. The first-order chi connectivity index (χ1) is 9.52. The molecule has 1 aromatic carbocycles. The zero-order valence-corrected chi connectivity index (χ0v) is 13.0. The molecule has 0 radical (unpaired) electrons. The molecule has 0 amide bonds. The molecule has 1 N–H and O–H groups in total. The SMILES string of the molecule is CCN(C(C)CC(=O)O)C(C)c1cc2ccccc2s1. The van der Waals surface area contributed by atoms with Crippen molar-refractivity contribution in [3.8, 4) is 0 Å². The van der Waals surface area contributed by atoms with Crippen molar-refractivity contribution in [2.24, 2.45) is 0 Å². The molecule has 3 nitrogen and oxygen atoms in total. The highest BCUT2D eigenvalue weighted by atomic mass is 32.1. The molecule has 0 saturated heterocycles. The Kier molecular flexibility index (Phi) is 4.78. The van der Waals surface area contributed by atoms with Crippen molar-refractivity contribution in [3.05, 3.63) is 35.2 Å². The maximum absolute atomic E-state index is 10.9. The summed E-state index contributed by atoms with van der Waals surface area (Å²) >= 11 is 1.80. The highest BCUT2D eigenvalue weighted by Gasteiger charge is 2.23. The molecule has 108 valence electrons. The lowest BCUT2D eigenvalue weighted by molar-refractivity contribution is -0.138. The molecule has 0 aliphatic rings. The second-order valence-electron chi connectivity index (χ2n) is 5.14. The molecule has 1 aromatic heterocycles. The van der Waals surface area contributed by atoms with E-state index in [-0.39, 0.29) is 18.5 Å². The standard InChI is InChI=1S/C16H21NO2S/c1-4-17(11(2)9-16(18)19)12(3)15-10-13-7-5-6-8-14(13)20-15/h5-8,10-12H,4,9H2,1-3H3,(H,18,19). The summed E-state index contributed by atoms with van der Waals surface area (Å²) in [6, 6.07) is 10.9. The van der Waals surface area contributed by atoms with Crippen LogP contribution >= 0.6 is 11.3 Å². The average Bonchev–Trinajstić information content (AvgIpc) is 2.82. The van der Waals surface area contributed by atoms with E-state index >= 15 is 0 Å². The van der Waals surface area contributed by atoms with E-state index in [9.17, 15) is 4.79 Å². The Bertz CT molecular complexity index is 560. The minimum absolute atomic E-state index is 0.0395. The summed E-state index contributed by atoms with van der Waals surface area (Å²) < 4.78 is 1.29. The van der Waals surface area contributed by atoms with Crippen molar-refractivity contribution in [1.82, 2.24) is 4.90 Å². The molecule has 0 aliphatic carbocycles. The van der Waals surface area contributed by atoms with Crippen molar-refractivity contribution in [3.63, 3.8) is 0 Å². The number of benzene rings is 1. The normalized spacial score (nSPS) is 14.6. The number of hydrogen-bond donors (Lipinski definition) is 1. The van der Waals surface area contributed by atoms with E-state index in [1.54, 1.807) is 11.3 Å². The fourth-order valence-corrected chi connectivity index (χ4v) is 3.85. The van der Waals surface area contributed by atoms with E-state index in [0.717, 1.165) is 6.54 Å². The Morgan fingerprint density at radius 2 is 2.05 bits per heavy atom. The highest BCUT2D eigenvalue weighted by molar-refractivity contribution is 7.19. The molecule has 0 aliphatic heterocycles. The smallest absolute Gasteiger partial charge is 0.304 e. The fraction of sp³-hybridized carbons (Fsp3) is 0.438. The maximum Gasteiger partial charge on any atom is 0.304 e. The van der Waals surface area contributed by atoms with Gasteiger partial charge in [0.05, 0.1) is 6.42 Å².